The van der Waals surface area contributed by atoms with Gasteiger partial charge in [0, 0.05) is 24.1 Å². The van der Waals surface area contributed by atoms with Gasteiger partial charge in [-0.25, -0.2) is 4.99 Å². The standard InChI is InChI=1S/C16H22N2O3.ClH/c1-4-12(17-9(2)3)16(21)11-5-7-13(19)15-10(11)6-8-14(20)18-15;/h5-10,12,16-17,19,21H,4H2,1-3H3;1H. The zero-order chi connectivity index (χ0) is 15.6. The molecule has 0 aromatic rings. The number of nitrogens with zero attached hydrogens (tertiary/aromatic N) is 1. The van der Waals surface area contributed by atoms with Crippen molar-refractivity contribution in [2.75, 3.05) is 0 Å². The number of allylic oxidation sites excluding steroid dienone is 4. The average molecular weight is 327 g/mol. The Hall–Kier alpha value is -1.43. The molecule has 0 fully saturated rings. The van der Waals surface area contributed by atoms with Gasteiger partial charge in [0.15, 0.2) is 0 Å². The highest BCUT2D eigenvalue weighted by Gasteiger charge is 2.33. The van der Waals surface area contributed by atoms with Crippen LogP contribution in [-0.2, 0) is 4.79 Å². The van der Waals surface area contributed by atoms with Crippen LogP contribution in [0.2, 0.25) is 0 Å². The summed E-state index contributed by atoms with van der Waals surface area (Å²) in [7, 11) is 0. The number of carbonyl (C=O) groups excluding carboxylic acids is 1. The number of dihydropyridines is 1. The second-order valence-electron chi connectivity index (χ2n) is 5.67. The van der Waals surface area contributed by atoms with E-state index < -0.39 is 6.10 Å². The number of aliphatic hydroxyl groups is 2. The third-order valence-corrected chi connectivity index (χ3v) is 3.72. The van der Waals surface area contributed by atoms with Gasteiger partial charge < -0.3 is 15.5 Å². The first kappa shape index (κ1) is 18.6. The molecule has 6 heteroatoms. The third-order valence-electron chi connectivity index (χ3n) is 3.72. The fourth-order valence-electron chi connectivity index (χ4n) is 2.72. The number of hydrogen-bond acceptors (Lipinski definition) is 4. The minimum absolute atomic E-state index is 0. The number of rotatable bonds is 5. The van der Waals surface area contributed by atoms with Gasteiger partial charge in [-0.1, -0.05) is 32.9 Å². The quantitative estimate of drug-likeness (QED) is 0.722. The van der Waals surface area contributed by atoms with Crippen LogP contribution in [-0.4, -0.2) is 40.0 Å². The van der Waals surface area contributed by atoms with Crippen LogP contribution in [0, 0.1) is 5.92 Å². The van der Waals surface area contributed by atoms with Crippen LogP contribution in [0.1, 0.15) is 27.2 Å². The van der Waals surface area contributed by atoms with Gasteiger partial charge in [0.25, 0.3) is 5.91 Å². The van der Waals surface area contributed by atoms with E-state index in [2.05, 4.69) is 10.3 Å². The molecular weight excluding hydrogens is 304 g/mol. The van der Waals surface area contributed by atoms with Crippen molar-refractivity contribution >= 4 is 24.0 Å². The van der Waals surface area contributed by atoms with E-state index in [9.17, 15) is 15.0 Å². The predicted molar refractivity (Wildman–Crippen MR) is 89.5 cm³/mol. The van der Waals surface area contributed by atoms with Gasteiger partial charge in [-0.05, 0) is 18.1 Å². The Morgan fingerprint density at radius 1 is 1.36 bits per heavy atom. The lowest BCUT2D eigenvalue weighted by atomic mass is 9.81. The Morgan fingerprint density at radius 2 is 2.05 bits per heavy atom. The molecule has 0 aromatic heterocycles. The van der Waals surface area contributed by atoms with Crippen LogP contribution in [0.25, 0.3) is 0 Å². The van der Waals surface area contributed by atoms with E-state index in [1.54, 1.807) is 12.2 Å². The molecule has 0 bridgehead atoms. The molecule has 2 aliphatic rings. The van der Waals surface area contributed by atoms with Crippen molar-refractivity contribution in [3.63, 3.8) is 0 Å². The fourth-order valence-corrected chi connectivity index (χ4v) is 2.72. The molecule has 1 aliphatic carbocycles. The summed E-state index contributed by atoms with van der Waals surface area (Å²) in [6.45, 7) is 6.07. The van der Waals surface area contributed by atoms with Crippen LogP contribution in [0.5, 0.6) is 0 Å². The predicted octanol–water partition coefficient (Wildman–Crippen LogP) is 2.08. The molecule has 0 aromatic carbocycles. The van der Waals surface area contributed by atoms with Crippen molar-refractivity contribution < 1.29 is 15.0 Å². The SMILES string of the molecule is CCC(NC(C)C)C(O)C1=CC=C(O)C2=NC(=O)C=CC12.Cl. The van der Waals surface area contributed by atoms with Crippen molar-refractivity contribution in [2.45, 2.75) is 45.4 Å². The van der Waals surface area contributed by atoms with E-state index >= 15 is 0 Å². The molecule has 2 rings (SSSR count). The van der Waals surface area contributed by atoms with Crippen molar-refractivity contribution in [2.24, 2.45) is 10.9 Å². The highest BCUT2D eigenvalue weighted by Crippen LogP contribution is 2.30. The molecule has 122 valence electrons. The number of carbonyl (C=O) groups is 1. The average Bonchev–Trinajstić information content (AvgIpc) is 2.45. The lowest BCUT2D eigenvalue weighted by Gasteiger charge is -2.32. The second kappa shape index (κ2) is 7.72. The van der Waals surface area contributed by atoms with Crippen LogP contribution in [0.4, 0.5) is 0 Å². The van der Waals surface area contributed by atoms with E-state index in [1.165, 1.54) is 12.2 Å². The first-order valence-corrected chi connectivity index (χ1v) is 7.30. The third kappa shape index (κ3) is 3.85. The van der Waals surface area contributed by atoms with Gasteiger partial charge in [-0.3, -0.25) is 4.79 Å². The Bertz CT molecular complexity index is 550. The van der Waals surface area contributed by atoms with Crippen molar-refractivity contribution in [1.29, 1.82) is 0 Å². The molecule has 1 amide bonds. The highest BCUT2D eigenvalue weighted by molar-refractivity contribution is 6.13. The zero-order valence-corrected chi connectivity index (χ0v) is 13.8. The first-order chi connectivity index (χ1) is 9.93. The molecule has 3 unspecified atom stereocenters. The first-order valence-electron chi connectivity index (χ1n) is 7.30. The number of fused-ring (bicyclic) bond motifs is 1. The van der Waals surface area contributed by atoms with Crippen LogP contribution in [0.15, 0.2) is 40.6 Å². The molecule has 0 saturated heterocycles. The van der Waals surface area contributed by atoms with E-state index in [4.69, 9.17) is 0 Å². The highest BCUT2D eigenvalue weighted by atomic mass is 35.5. The zero-order valence-electron chi connectivity index (χ0n) is 13.0. The van der Waals surface area contributed by atoms with Crippen LogP contribution in [0.3, 0.4) is 0 Å². The van der Waals surface area contributed by atoms with Gasteiger partial charge in [0.05, 0.1) is 11.8 Å². The summed E-state index contributed by atoms with van der Waals surface area (Å²) < 4.78 is 0. The molecule has 3 N–H and O–H groups in total. The van der Waals surface area contributed by atoms with Crippen molar-refractivity contribution in [3.8, 4) is 0 Å². The fraction of sp³-hybridized carbons (Fsp3) is 0.500. The van der Waals surface area contributed by atoms with Gasteiger partial charge in [-0.15, -0.1) is 12.4 Å². The molecule has 5 nitrogen and oxygen atoms in total. The normalized spacial score (nSPS) is 23.0. The molecule has 22 heavy (non-hydrogen) atoms. The van der Waals surface area contributed by atoms with Gasteiger partial charge >= 0.3 is 0 Å². The molecule has 1 heterocycles. The van der Waals surface area contributed by atoms with E-state index in [0.717, 1.165) is 12.0 Å². The Morgan fingerprint density at radius 3 is 2.64 bits per heavy atom. The van der Waals surface area contributed by atoms with E-state index in [0.29, 0.717) is 5.71 Å². The lowest BCUT2D eigenvalue weighted by molar-refractivity contribution is -0.113. The molecule has 3 atom stereocenters. The molecule has 0 saturated carbocycles. The maximum absolute atomic E-state index is 11.4. The van der Waals surface area contributed by atoms with E-state index in [1.807, 2.05) is 20.8 Å². The maximum atomic E-state index is 11.4. The summed E-state index contributed by atoms with van der Waals surface area (Å²) in [5.74, 6) is -0.742. The summed E-state index contributed by atoms with van der Waals surface area (Å²) in [4.78, 5) is 15.2. The largest absolute Gasteiger partial charge is 0.506 e. The molecule has 0 spiro atoms. The smallest absolute Gasteiger partial charge is 0.269 e. The number of amides is 1. The maximum Gasteiger partial charge on any atom is 0.269 e. The Kier molecular flexibility index (Phi) is 6.53. The summed E-state index contributed by atoms with van der Waals surface area (Å²) >= 11 is 0. The monoisotopic (exact) mass is 326 g/mol. The number of aliphatic hydroxyl groups excluding tert-OH is 2. The molecule has 0 radical (unpaired) electrons. The van der Waals surface area contributed by atoms with Crippen molar-refractivity contribution in [3.05, 3.63) is 35.6 Å². The summed E-state index contributed by atoms with van der Waals surface area (Å²) in [6.07, 6.45) is 6.34. The summed E-state index contributed by atoms with van der Waals surface area (Å²) in [6, 6.07) is 0.173. The number of halogens is 1. The van der Waals surface area contributed by atoms with Gasteiger partial charge in [-0.2, -0.15) is 0 Å². The topological polar surface area (TPSA) is 81.9 Å². The molecule has 1 aliphatic heterocycles. The second-order valence-corrected chi connectivity index (χ2v) is 5.67. The van der Waals surface area contributed by atoms with Crippen molar-refractivity contribution in [1.82, 2.24) is 5.32 Å². The minimum atomic E-state index is -0.699. The minimum Gasteiger partial charge on any atom is -0.506 e. The number of aliphatic imine (C=N–C) groups is 1. The van der Waals surface area contributed by atoms with Crippen LogP contribution >= 0.6 is 12.4 Å². The Labute approximate surface area is 136 Å². The van der Waals surface area contributed by atoms with Crippen LogP contribution < -0.4 is 5.32 Å². The number of hydrogen-bond donors (Lipinski definition) is 3. The Balaban J connectivity index is 0.00000242. The number of nitrogens with one attached hydrogen (secondary N) is 1. The summed E-state index contributed by atoms with van der Waals surface area (Å²) in [5, 5.41) is 23.9. The summed E-state index contributed by atoms with van der Waals surface area (Å²) in [5.41, 5.74) is 1.06. The lowest BCUT2D eigenvalue weighted by Crippen LogP contribution is -2.46. The van der Waals surface area contributed by atoms with E-state index in [-0.39, 0.29) is 42.1 Å². The van der Waals surface area contributed by atoms with Gasteiger partial charge in [0.1, 0.15) is 5.76 Å². The molecular formula is C16H23ClN2O3. The van der Waals surface area contributed by atoms with Gasteiger partial charge in [0.2, 0.25) is 0 Å².